The Kier molecular flexibility index (Phi) is 3.53. The zero-order valence-corrected chi connectivity index (χ0v) is 14.2. The Hall–Kier alpha value is -3.39. The molecule has 0 aliphatic carbocycles. The van der Waals surface area contributed by atoms with Crippen LogP contribution in [0.2, 0.25) is 0 Å². The van der Waals surface area contributed by atoms with E-state index in [-0.39, 0.29) is 0 Å². The number of hydrogen-bond donors (Lipinski definition) is 0. The summed E-state index contributed by atoms with van der Waals surface area (Å²) in [6, 6.07) is 29.2. The van der Waals surface area contributed by atoms with Gasteiger partial charge in [0, 0.05) is 22.5 Å². The third-order valence-corrected chi connectivity index (χ3v) is 4.75. The maximum Gasteiger partial charge on any atom is 0.144 e. The largest absolute Gasteiger partial charge is 0.455 e. The van der Waals surface area contributed by atoms with Crippen molar-refractivity contribution in [2.45, 2.75) is 6.42 Å². The average Bonchev–Trinajstić information content (AvgIpc) is 3.08. The number of rotatable bonds is 3. The van der Waals surface area contributed by atoms with Gasteiger partial charge < -0.3 is 4.42 Å². The van der Waals surface area contributed by atoms with Gasteiger partial charge in [-0.05, 0) is 47.9 Å². The van der Waals surface area contributed by atoms with E-state index < -0.39 is 0 Å². The van der Waals surface area contributed by atoms with Gasteiger partial charge in [0.2, 0.25) is 0 Å². The van der Waals surface area contributed by atoms with Crippen molar-refractivity contribution >= 4 is 21.9 Å². The van der Waals surface area contributed by atoms with Gasteiger partial charge in [-0.3, -0.25) is 4.98 Å². The lowest BCUT2D eigenvalue weighted by molar-refractivity contribution is 0.669. The molecule has 5 aromatic rings. The van der Waals surface area contributed by atoms with Crippen LogP contribution in [0, 0.1) is 0 Å². The Bertz CT molecular complexity index is 1190. The van der Waals surface area contributed by atoms with Crippen LogP contribution < -0.4 is 0 Å². The molecule has 2 aromatic heterocycles. The van der Waals surface area contributed by atoms with E-state index in [1.807, 2.05) is 24.4 Å². The molecule has 0 aliphatic heterocycles. The van der Waals surface area contributed by atoms with Gasteiger partial charge in [0.15, 0.2) is 0 Å². The van der Waals surface area contributed by atoms with E-state index in [4.69, 9.17) is 4.42 Å². The molecule has 0 bridgehead atoms. The van der Waals surface area contributed by atoms with E-state index in [0.717, 1.165) is 39.6 Å². The molecule has 2 heteroatoms. The summed E-state index contributed by atoms with van der Waals surface area (Å²) >= 11 is 0. The third-order valence-electron chi connectivity index (χ3n) is 4.75. The molecule has 5 rings (SSSR count). The predicted molar refractivity (Wildman–Crippen MR) is 106 cm³/mol. The number of benzene rings is 3. The van der Waals surface area contributed by atoms with Gasteiger partial charge in [-0.25, -0.2) is 0 Å². The molecule has 26 heavy (non-hydrogen) atoms. The van der Waals surface area contributed by atoms with Gasteiger partial charge in [-0.2, -0.15) is 0 Å². The van der Waals surface area contributed by atoms with Crippen LogP contribution in [-0.2, 0) is 6.42 Å². The Morgan fingerprint density at radius 2 is 1.58 bits per heavy atom. The maximum absolute atomic E-state index is 6.20. The van der Waals surface area contributed by atoms with Crippen molar-refractivity contribution < 1.29 is 4.42 Å². The molecular weight excluding hydrogens is 318 g/mol. The molecule has 124 valence electrons. The standard InChI is InChI=1S/C24H17NO/c1-2-7-17(8-3-1)15-18-12-13-23-21(16-18)19-9-6-10-20(24(19)26-23)22-11-4-5-14-25-22/h1-14,16H,15H2. The Morgan fingerprint density at radius 1 is 0.692 bits per heavy atom. The first kappa shape index (κ1) is 14.9. The summed E-state index contributed by atoms with van der Waals surface area (Å²) < 4.78 is 6.20. The molecule has 0 saturated heterocycles. The summed E-state index contributed by atoms with van der Waals surface area (Å²) in [5, 5.41) is 2.30. The van der Waals surface area contributed by atoms with Crippen molar-refractivity contribution in [1.82, 2.24) is 4.98 Å². The quantitative estimate of drug-likeness (QED) is 0.390. The summed E-state index contributed by atoms with van der Waals surface area (Å²) in [4.78, 5) is 4.48. The van der Waals surface area contributed by atoms with Gasteiger partial charge in [0.1, 0.15) is 11.2 Å². The minimum Gasteiger partial charge on any atom is -0.455 e. The predicted octanol–water partition coefficient (Wildman–Crippen LogP) is 6.24. The molecule has 0 N–H and O–H groups in total. The fourth-order valence-electron chi connectivity index (χ4n) is 3.51. The lowest BCUT2D eigenvalue weighted by atomic mass is 10.0. The van der Waals surface area contributed by atoms with Crippen molar-refractivity contribution in [3.63, 3.8) is 0 Å². The first-order valence-corrected chi connectivity index (χ1v) is 8.78. The molecule has 3 aromatic carbocycles. The van der Waals surface area contributed by atoms with Crippen molar-refractivity contribution in [3.05, 3.63) is 102 Å². The number of para-hydroxylation sites is 1. The van der Waals surface area contributed by atoms with Gasteiger partial charge in [-0.15, -0.1) is 0 Å². The molecule has 0 unspecified atom stereocenters. The number of hydrogen-bond acceptors (Lipinski definition) is 2. The lowest BCUT2D eigenvalue weighted by Crippen LogP contribution is -1.86. The van der Waals surface area contributed by atoms with E-state index in [2.05, 4.69) is 71.7 Å². The summed E-state index contributed by atoms with van der Waals surface area (Å²) in [6.07, 6.45) is 2.73. The van der Waals surface area contributed by atoms with Gasteiger partial charge in [0.25, 0.3) is 0 Å². The van der Waals surface area contributed by atoms with Gasteiger partial charge in [0.05, 0.1) is 5.69 Å². The molecule has 2 nitrogen and oxygen atoms in total. The number of fused-ring (bicyclic) bond motifs is 3. The molecular formula is C24H17NO. The Morgan fingerprint density at radius 3 is 2.42 bits per heavy atom. The number of pyridine rings is 1. The molecule has 0 spiro atoms. The molecule has 0 fully saturated rings. The minimum atomic E-state index is 0.901. The lowest BCUT2D eigenvalue weighted by Gasteiger charge is -2.02. The molecule has 0 amide bonds. The first-order valence-electron chi connectivity index (χ1n) is 8.78. The summed E-state index contributed by atoms with van der Waals surface area (Å²) in [7, 11) is 0. The molecule has 0 aliphatic rings. The van der Waals surface area contributed by atoms with Crippen LogP contribution in [0.4, 0.5) is 0 Å². The number of aromatic nitrogens is 1. The van der Waals surface area contributed by atoms with E-state index in [9.17, 15) is 0 Å². The molecule has 2 heterocycles. The topological polar surface area (TPSA) is 26.0 Å². The Balaban J connectivity index is 1.66. The van der Waals surface area contributed by atoms with Crippen LogP contribution in [0.15, 0.2) is 95.5 Å². The van der Waals surface area contributed by atoms with Crippen LogP contribution in [0.5, 0.6) is 0 Å². The average molecular weight is 335 g/mol. The highest BCUT2D eigenvalue weighted by Gasteiger charge is 2.13. The number of furan rings is 1. The van der Waals surface area contributed by atoms with Crippen LogP contribution >= 0.6 is 0 Å². The van der Waals surface area contributed by atoms with Gasteiger partial charge >= 0.3 is 0 Å². The summed E-state index contributed by atoms with van der Waals surface area (Å²) in [6.45, 7) is 0. The summed E-state index contributed by atoms with van der Waals surface area (Å²) in [5.41, 5.74) is 6.38. The second-order valence-corrected chi connectivity index (χ2v) is 6.49. The molecule has 0 radical (unpaired) electrons. The SMILES string of the molecule is c1ccc(Cc2ccc3oc4c(-c5ccccn5)cccc4c3c2)cc1. The van der Waals surface area contributed by atoms with Crippen LogP contribution in [0.1, 0.15) is 11.1 Å². The second kappa shape index (κ2) is 6.16. The third kappa shape index (κ3) is 2.56. The highest BCUT2D eigenvalue weighted by atomic mass is 16.3. The van der Waals surface area contributed by atoms with Crippen molar-refractivity contribution in [3.8, 4) is 11.3 Å². The van der Waals surface area contributed by atoms with Crippen molar-refractivity contribution in [1.29, 1.82) is 0 Å². The highest BCUT2D eigenvalue weighted by Crippen LogP contribution is 2.35. The van der Waals surface area contributed by atoms with Crippen molar-refractivity contribution in [2.24, 2.45) is 0 Å². The monoisotopic (exact) mass is 335 g/mol. The minimum absolute atomic E-state index is 0.901. The number of nitrogens with zero attached hydrogens (tertiary/aromatic N) is 1. The molecule has 0 saturated carbocycles. The van der Waals surface area contributed by atoms with Crippen LogP contribution in [0.3, 0.4) is 0 Å². The van der Waals surface area contributed by atoms with E-state index >= 15 is 0 Å². The smallest absolute Gasteiger partial charge is 0.144 e. The van der Waals surface area contributed by atoms with Crippen LogP contribution in [-0.4, -0.2) is 4.98 Å². The van der Waals surface area contributed by atoms with Crippen molar-refractivity contribution in [2.75, 3.05) is 0 Å². The van der Waals surface area contributed by atoms with E-state index in [1.54, 1.807) is 0 Å². The molecule has 0 atom stereocenters. The van der Waals surface area contributed by atoms with Crippen LogP contribution in [0.25, 0.3) is 33.2 Å². The zero-order chi connectivity index (χ0) is 17.3. The second-order valence-electron chi connectivity index (χ2n) is 6.49. The van der Waals surface area contributed by atoms with E-state index in [1.165, 1.54) is 11.1 Å². The Labute approximate surface area is 151 Å². The summed E-state index contributed by atoms with van der Waals surface area (Å²) in [5.74, 6) is 0. The zero-order valence-electron chi connectivity index (χ0n) is 14.2. The fraction of sp³-hybridized carbons (Fsp3) is 0.0417. The first-order chi connectivity index (χ1) is 12.9. The highest BCUT2D eigenvalue weighted by molar-refractivity contribution is 6.09. The van der Waals surface area contributed by atoms with Gasteiger partial charge in [-0.1, -0.05) is 54.6 Å². The normalized spacial score (nSPS) is 11.2. The fourth-order valence-corrected chi connectivity index (χ4v) is 3.51. The maximum atomic E-state index is 6.20. The van der Waals surface area contributed by atoms with E-state index in [0.29, 0.717) is 0 Å².